The molecule has 0 spiro atoms. The summed E-state index contributed by atoms with van der Waals surface area (Å²) in [5.74, 6) is 0.695. The molecule has 1 aliphatic heterocycles. The molecular weight excluding hydrogens is 398 g/mol. The van der Waals surface area contributed by atoms with Crippen molar-refractivity contribution in [3.63, 3.8) is 0 Å². The Hall–Kier alpha value is -2.85. The van der Waals surface area contributed by atoms with Crippen molar-refractivity contribution in [1.29, 1.82) is 0 Å². The second-order valence-electron chi connectivity index (χ2n) is 6.32. The molecule has 0 N–H and O–H groups in total. The monoisotopic (exact) mass is 415 g/mol. The summed E-state index contributed by atoms with van der Waals surface area (Å²) in [6.07, 6.45) is 1.26. The van der Waals surface area contributed by atoms with Crippen LogP contribution in [0.1, 0.15) is 15.4 Å². The van der Waals surface area contributed by atoms with Gasteiger partial charge in [0.1, 0.15) is 21.9 Å². The zero-order chi connectivity index (χ0) is 19.7. The van der Waals surface area contributed by atoms with Crippen LogP contribution in [0.5, 0.6) is 0 Å². The van der Waals surface area contributed by atoms with Crippen molar-refractivity contribution in [2.24, 2.45) is 0 Å². The summed E-state index contributed by atoms with van der Waals surface area (Å²) in [4.78, 5) is 37.6. The number of aromatic nitrogens is 2. The molecular formula is C18H17N5O3S2. The van der Waals surface area contributed by atoms with Gasteiger partial charge in [-0.3, -0.25) is 14.9 Å². The van der Waals surface area contributed by atoms with Gasteiger partial charge in [0.2, 0.25) is 0 Å². The van der Waals surface area contributed by atoms with E-state index in [4.69, 9.17) is 0 Å². The van der Waals surface area contributed by atoms with Gasteiger partial charge in [0, 0.05) is 32.2 Å². The fraction of sp³-hybridized carbons (Fsp3) is 0.278. The number of carbonyl (C=O) groups excluding carboxylic acids is 1. The Labute approximate surface area is 169 Å². The molecule has 1 saturated heterocycles. The summed E-state index contributed by atoms with van der Waals surface area (Å²) in [5.41, 5.74) is 0.734. The number of hydrogen-bond acceptors (Lipinski definition) is 8. The third kappa shape index (κ3) is 3.60. The average molecular weight is 416 g/mol. The lowest BCUT2D eigenvalue weighted by atomic mass is 10.2. The van der Waals surface area contributed by atoms with Crippen LogP contribution < -0.4 is 4.90 Å². The van der Waals surface area contributed by atoms with Crippen LogP contribution in [0.2, 0.25) is 0 Å². The van der Waals surface area contributed by atoms with Gasteiger partial charge in [-0.25, -0.2) is 9.97 Å². The highest BCUT2D eigenvalue weighted by molar-refractivity contribution is 7.22. The quantitative estimate of drug-likeness (QED) is 0.479. The normalized spacial score (nSPS) is 14.3. The molecule has 3 aromatic rings. The molecule has 3 aromatic heterocycles. The van der Waals surface area contributed by atoms with Crippen molar-refractivity contribution in [3.05, 3.63) is 56.5 Å². The van der Waals surface area contributed by atoms with Gasteiger partial charge in [-0.05, 0) is 24.4 Å². The lowest BCUT2D eigenvalue weighted by Gasteiger charge is -2.35. The molecule has 0 saturated carbocycles. The van der Waals surface area contributed by atoms with Gasteiger partial charge in [0.05, 0.1) is 15.5 Å². The molecule has 4 heterocycles. The summed E-state index contributed by atoms with van der Waals surface area (Å²) in [7, 11) is 0. The van der Waals surface area contributed by atoms with Gasteiger partial charge >= 0.3 is 0 Å². The predicted octanol–water partition coefficient (Wildman–Crippen LogP) is 3.45. The summed E-state index contributed by atoms with van der Waals surface area (Å²) in [5, 5.41) is 13.6. The second-order valence-corrected chi connectivity index (χ2v) is 8.27. The Kier molecular flexibility index (Phi) is 5.05. The number of thiazole rings is 1. The van der Waals surface area contributed by atoms with Crippen LogP contribution in [0.4, 0.5) is 11.5 Å². The summed E-state index contributed by atoms with van der Waals surface area (Å²) in [6.45, 7) is 4.28. The number of nitro groups is 1. The molecule has 0 unspecified atom stereocenters. The maximum Gasteiger partial charge on any atom is 0.287 e. The Morgan fingerprint density at radius 1 is 1.21 bits per heavy atom. The maximum atomic E-state index is 13.0. The van der Waals surface area contributed by atoms with Crippen LogP contribution in [-0.4, -0.2) is 51.9 Å². The van der Waals surface area contributed by atoms with Crippen molar-refractivity contribution in [2.75, 3.05) is 31.1 Å². The van der Waals surface area contributed by atoms with E-state index in [0.717, 1.165) is 15.6 Å². The zero-order valence-electron chi connectivity index (χ0n) is 15.1. The van der Waals surface area contributed by atoms with Crippen molar-refractivity contribution < 1.29 is 9.72 Å². The molecule has 8 nitrogen and oxygen atoms in total. The van der Waals surface area contributed by atoms with Gasteiger partial charge in [-0.1, -0.05) is 6.07 Å². The van der Waals surface area contributed by atoms with E-state index >= 15 is 0 Å². The molecule has 0 radical (unpaired) electrons. The molecule has 28 heavy (non-hydrogen) atoms. The van der Waals surface area contributed by atoms with Crippen LogP contribution >= 0.6 is 22.7 Å². The fourth-order valence-corrected chi connectivity index (χ4v) is 4.89. The van der Waals surface area contributed by atoms with E-state index in [-0.39, 0.29) is 11.6 Å². The third-order valence-electron chi connectivity index (χ3n) is 4.56. The van der Waals surface area contributed by atoms with Crippen molar-refractivity contribution in [1.82, 2.24) is 14.9 Å². The van der Waals surface area contributed by atoms with Gasteiger partial charge in [-0.15, -0.1) is 22.7 Å². The van der Waals surface area contributed by atoms with E-state index in [1.54, 1.807) is 17.4 Å². The first-order valence-electron chi connectivity index (χ1n) is 8.69. The summed E-state index contributed by atoms with van der Waals surface area (Å²) >= 11 is 3.05. The van der Waals surface area contributed by atoms with Gasteiger partial charge < -0.3 is 9.80 Å². The van der Waals surface area contributed by atoms with E-state index in [9.17, 15) is 14.9 Å². The minimum atomic E-state index is -0.463. The smallest absolute Gasteiger partial charge is 0.287 e. The van der Waals surface area contributed by atoms with E-state index in [0.29, 0.717) is 36.9 Å². The number of amides is 1. The highest BCUT2D eigenvalue weighted by Gasteiger charge is 2.26. The van der Waals surface area contributed by atoms with Crippen LogP contribution in [0.3, 0.4) is 0 Å². The number of piperazine rings is 1. The van der Waals surface area contributed by atoms with E-state index in [1.165, 1.54) is 23.6 Å². The topological polar surface area (TPSA) is 92.5 Å². The number of pyridine rings is 1. The Bertz CT molecular complexity index is 993. The van der Waals surface area contributed by atoms with Crippen LogP contribution in [0.25, 0.3) is 9.88 Å². The molecule has 0 atom stereocenters. The third-order valence-corrected chi connectivity index (χ3v) is 6.74. The average Bonchev–Trinajstić information content (AvgIpc) is 3.37. The van der Waals surface area contributed by atoms with Gasteiger partial charge in [0.15, 0.2) is 0 Å². The fourth-order valence-electron chi connectivity index (χ4n) is 3.06. The Morgan fingerprint density at radius 3 is 2.61 bits per heavy atom. The minimum absolute atomic E-state index is 0.00844. The number of thiophene rings is 1. The first-order chi connectivity index (χ1) is 13.5. The molecule has 1 amide bonds. The molecule has 4 rings (SSSR count). The number of anilines is 1. The van der Waals surface area contributed by atoms with E-state index in [1.807, 2.05) is 34.2 Å². The summed E-state index contributed by atoms with van der Waals surface area (Å²) in [6, 6.07) is 7.08. The van der Waals surface area contributed by atoms with Crippen LogP contribution in [0.15, 0.2) is 35.8 Å². The highest BCUT2D eigenvalue weighted by Crippen LogP contribution is 2.32. The number of hydrogen-bond donors (Lipinski definition) is 0. The molecule has 10 heteroatoms. The molecule has 1 aliphatic rings. The standard InChI is InChI=1S/C18H17N5O3S2/c1-12-16(28-17(20-12)14-3-2-10-27-14)18(24)22-8-6-21(7-9-22)15-5-4-13(11-19-15)23(25)26/h2-5,10-11H,6-9H2,1H3. The van der Waals surface area contributed by atoms with Crippen molar-refractivity contribution in [2.45, 2.75) is 6.92 Å². The molecule has 0 bridgehead atoms. The van der Waals surface area contributed by atoms with Crippen LogP contribution in [-0.2, 0) is 0 Å². The first-order valence-corrected chi connectivity index (χ1v) is 10.4. The second kappa shape index (κ2) is 7.64. The van der Waals surface area contributed by atoms with Gasteiger partial charge in [-0.2, -0.15) is 0 Å². The zero-order valence-corrected chi connectivity index (χ0v) is 16.7. The SMILES string of the molecule is Cc1nc(-c2cccs2)sc1C(=O)N1CCN(c2ccc([N+](=O)[O-])cn2)CC1. The highest BCUT2D eigenvalue weighted by atomic mass is 32.1. The number of rotatable bonds is 4. The minimum Gasteiger partial charge on any atom is -0.353 e. The van der Waals surface area contributed by atoms with Crippen LogP contribution in [0, 0.1) is 17.0 Å². The largest absolute Gasteiger partial charge is 0.353 e. The lowest BCUT2D eigenvalue weighted by Crippen LogP contribution is -2.49. The number of nitrogens with zero attached hydrogens (tertiary/aromatic N) is 5. The molecule has 0 aliphatic carbocycles. The van der Waals surface area contributed by atoms with Crippen molar-refractivity contribution >= 4 is 40.1 Å². The number of carbonyl (C=O) groups is 1. The van der Waals surface area contributed by atoms with E-state index < -0.39 is 4.92 Å². The molecule has 1 fully saturated rings. The predicted molar refractivity (Wildman–Crippen MR) is 109 cm³/mol. The number of aryl methyl sites for hydroxylation is 1. The van der Waals surface area contributed by atoms with E-state index in [2.05, 4.69) is 9.97 Å². The first kappa shape index (κ1) is 18.5. The Morgan fingerprint density at radius 2 is 2.00 bits per heavy atom. The molecule has 0 aromatic carbocycles. The molecule has 144 valence electrons. The Balaban J connectivity index is 1.42. The van der Waals surface area contributed by atoms with Gasteiger partial charge in [0.25, 0.3) is 11.6 Å². The lowest BCUT2D eigenvalue weighted by molar-refractivity contribution is -0.385. The maximum absolute atomic E-state index is 13.0. The summed E-state index contributed by atoms with van der Waals surface area (Å²) < 4.78 is 0. The van der Waals surface area contributed by atoms with Crippen molar-refractivity contribution in [3.8, 4) is 9.88 Å².